The van der Waals surface area contributed by atoms with Crippen LogP contribution in [0.2, 0.25) is 0 Å². The number of ether oxygens (including phenoxy) is 2. The number of aromatic nitrogens is 2. The molecule has 1 N–H and O–H groups in total. The number of nitrogens with zero attached hydrogens (tertiary/aromatic N) is 4. The summed E-state index contributed by atoms with van der Waals surface area (Å²) in [6.45, 7) is 7.13. The number of rotatable bonds is 8. The van der Waals surface area contributed by atoms with E-state index in [0.29, 0.717) is 12.6 Å². The number of likely N-dealkylation sites (tertiary alicyclic amines) is 1. The van der Waals surface area contributed by atoms with Gasteiger partial charge in [-0.1, -0.05) is 0 Å². The van der Waals surface area contributed by atoms with Gasteiger partial charge in [-0.2, -0.15) is 5.10 Å². The van der Waals surface area contributed by atoms with Crippen LogP contribution in [0.1, 0.15) is 31.9 Å². The molecule has 144 valence electrons. The zero-order valence-electron chi connectivity index (χ0n) is 15.6. The van der Waals surface area contributed by atoms with E-state index in [1.165, 1.54) is 0 Å². The van der Waals surface area contributed by atoms with Gasteiger partial charge in [0.25, 0.3) is 0 Å². The predicted molar refractivity (Wildman–Crippen MR) is 110 cm³/mol. The van der Waals surface area contributed by atoms with Gasteiger partial charge >= 0.3 is 0 Å². The van der Waals surface area contributed by atoms with Crippen molar-refractivity contribution < 1.29 is 9.47 Å². The van der Waals surface area contributed by atoms with Gasteiger partial charge in [-0.3, -0.25) is 4.68 Å². The fourth-order valence-corrected chi connectivity index (χ4v) is 2.83. The van der Waals surface area contributed by atoms with E-state index in [0.717, 1.165) is 63.8 Å². The Hall–Kier alpha value is -0.870. The zero-order valence-corrected chi connectivity index (χ0v) is 17.9. The van der Waals surface area contributed by atoms with Gasteiger partial charge < -0.3 is 19.7 Å². The van der Waals surface area contributed by atoms with E-state index >= 15 is 0 Å². The first kappa shape index (κ1) is 22.2. The number of halogens is 1. The van der Waals surface area contributed by atoms with Crippen LogP contribution in [-0.4, -0.2) is 66.7 Å². The normalized spacial score (nSPS) is 16.0. The summed E-state index contributed by atoms with van der Waals surface area (Å²) in [6.07, 6.45) is 5.22. The van der Waals surface area contributed by atoms with Gasteiger partial charge in [0.1, 0.15) is 0 Å². The van der Waals surface area contributed by atoms with Crippen molar-refractivity contribution in [2.45, 2.75) is 38.8 Å². The summed E-state index contributed by atoms with van der Waals surface area (Å²) in [5.74, 6) is 0.983. The van der Waals surface area contributed by atoms with Crippen molar-refractivity contribution in [1.82, 2.24) is 20.0 Å². The third-order valence-corrected chi connectivity index (χ3v) is 4.24. The van der Waals surface area contributed by atoms with Crippen molar-refractivity contribution >= 4 is 29.9 Å². The molecule has 1 aromatic rings. The Labute approximate surface area is 168 Å². The van der Waals surface area contributed by atoms with Gasteiger partial charge in [0.2, 0.25) is 0 Å². The van der Waals surface area contributed by atoms with Crippen molar-refractivity contribution in [3.05, 3.63) is 18.0 Å². The number of hydrogen-bond acceptors (Lipinski definition) is 4. The summed E-state index contributed by atoms with van der Waals surface area (Å²) in [5, 5.41) is 7.59. The van der Waals surface area contributed by atoms with Crippen LogP contribution in [0.4, 0.5) is 0 Å². The Morgan fingerprint density at radius 2 is 2.12 bits per heavy atom. The topological polar surface area (TPSA) is 63.9 Å². The minimum Gasteiger partial charge on any atom is -0.385 e. The highest BCUT2D eigenvalue weighted by molar-refractivity contribution is 14.0. The highest BCUT2D eigenvalue weighted by atomic mass is 127. The van der Waals surface area contributed by atoms with E-state index < -0.39 is 0 Å². The molecule has 8 heteroatoms. The summed E-state index contributed by atoms with van der Waals surface area (Å²) < 4.78 is 12.9. The Morgan fingerprint density at radius 1 is 1.36 bits per heavy atom. The van der Waals surface area contributed by atoms with Crippen molar-refractivity contribution in [2.75, 3.05) is 40.0 Å². The number of nitrogens with one attached hydrogen (secondary N) is 1. The van der Waals surface area contributed by atoms with Crippen LogP contribution in [0, 0.1) is 0 Å². The molecule has 1 aliphatic heterocycles. The first-order valence-corrected chi connectivity index (χ1v) is 8.85. The van der Waals surface area contributed by atoms with Crippen molar-refractivity contribution in [3.63, 3.8) is 0 Å². The number of aliphatic imine (C=N–C) groups is 1. The number of aryl methyl sites for hydroxylation is 1. The van der Waals surface area contributed by atoms with Crippen LogP contribution in [0.3, 0.4) is 0 Å². The highest BCUT2D eigenvalue weighted by Gasteiger charge is 2.21. The molecule has 0 radical (unpaired) electrons. The molecular weight excluding hydrogens is 433 g/mol. The minimum absolute atomic E-state index is 0. The molecule has 0 unspecified atom stereocenters. The van der Waals surface area contributed by atoms with Gasteiger partial charge in [-0.05, 0) is 32.3 Å². The minimum atomic E-state index is 0. The summed E-state index contributed by atoms with van der Waals surface area (Å²) in [7, 11) is 3.68. The maximum atomic E-state index is 5.93. The van der Waals surface area contributed by atoms with Gasteiger partial charge in [0.15, 0.2) is 5.96 Å². The number of guanidine groups is 1. The van der Waals surface area contributed by atoms with Gasteiger partial charge in [-0.25, -0.2) is 4.99 Å². The van der Waals surface area contributed by atoms with E-state index in [-0.39, 0.29) is 24.0 Å². The second-order valence-electron chi connectivity index (χ2n) is 6.02. The van der Waals surface area contributed by atoms with Crippen LogP contribution in [0.15, 0.2) is 17.3 Å². The fourth-order valence-electron chi connectivity index (χ4n) is 2.83. The lowest BCUT2D eigenvalue weighted by molar-refractivity contribution is 0.00990. The molecule has 0 aliphatic carbocycles. The van der Waals surface area contributed by atoms with Crippen molar-refractivity contribution in [1.29, 1.82) is 0 Å². The van der Waals surface area contributed by atoms with E-state index in [4.69, 9.17) is 14.5 Å². The lowest BCUT2D eigenvalue weighted by Crippen LogP contribution is -2.47. The maximum absolute atomic E-state index is 5.93. The third-order valence-electron chi connectivity index (χ3n) is 4.24. The largest absolute Gasteiger partial charge is 0.385 e. The quantitative estimate of drug-likeness (QED) is 0.276. The molecule has 0 amide bonds. The second-order valence-corrected chi connectivity index (χ2v) is 6.02. The Bertz CT molecular complexity index is 501. The van der Waals surface area contributed by atoms with Gasteiger partial charge in [0, 0.05) is 53.2 Å². The molecule has 1 fully saturated rings. The molecule has 1 aromatic heterocycles. The third kappa shape index (κ3) is 7.49. The monoisotopic (exact) mass is 465 g/mol. The predicted octanol–water partition coefficient (Wildman–Crippen LogP) is 2.02. The van der Waals surface area contributed by atoms with Gasteiger partial charge in [-0.15, -0.1) is 24.0 Å². The molecular formula is C17H32IN5O2. The van der Waals surface area contributed by atoms with E-state index in [1.807, 2.05) is 24.0 Å². The maximum Gasteiger partial charge on any atom is 0.194 e. The van der Waals surface area contributed by atoms with Crippen molar-refractivity contribution in [3.8, 4) is 0 Å². The summed E-state index contributed by atoms with van der Waals surface area (Å²) in [6, 6.07) is 2.01. The van der Waals surface area contributed by atoms with E-state index in [2.05, 4.69) is 22.2 Å². The Balaban J connectivity index is 0.00000312. The smallest absolute Gasteiger partial charge is 0.194 e. The van der Waals surface area contributed by atoms with Crippen molar-refractivity contribution in [2.24, 2.45) is 12.0 Å². The summed E-state index contributed by atoms with van der Waals surface area (Å²) >= 11 is 0. The lowest BCUT2D eigenvalue weighted by atomic mass is 10.1. The average molecular weight is 465 g/mol. The Kier molecular flexibility index (Phi) is 11.1. The number of piperidine rings is 1. The highest BCUT2D eigenvalue weighted by Crippen LogP contribution is 2.14. The van der Waals surface area contributed by atoms with Gasteiger partial charge in [0.05, 0.1) is 18.3 Å². The fraction of sp³-hybridized carbons (Fsp3) is 0.765. The lowest BCUT2D eigenvalue weighted by Gasteiger charge is -2.34. The summed E-state index contributed by atoms with van der Waals surface area (Å²) in [4.78, 5) is 7.09. The molecule has 2 rings (SSSR count). The second kappa shape index (κ2) is 12.5. The van der Waals surface area contributed by atoms with Crippen LogP contribution >= 0.6 is 24.0 Å². The molecule has 0 bridgehead atoms. The molecule has 7 nitrogen and oxygen atoms in total. The Morgan fingerprint density at radius 3 is 2.72 bits per heavy atom. The molecule has 1 saturated heterocycles. The molecule has 0 saturated carbocycles. The summed E-state index contributed by atoms with van der Waals surface area (Å²) in [5.41, 5.74) is 1.11. The SMILES string of the molecule is CCNC(=NCc1ccnn1C)N1CCC(OCCCOC)CC1.I. The van der Waals surface area contributed by atoms with Crippen LogP contribution in [0.5, 0.6) is 0 Å². The molecule has 0 atom stereocenters. The zero-order chi connectivity index (χ0) is 17.2. The molecule has 1 aliphatic rings. The molecule has 2 heterocycles. The first-order chi connectivity index (χ1) is 11.7. The number of hydrogen-bond donors (Lipinski definition) is 1. The van der Waals surface area contributed by atoms with Crippen LogP contribution in [0.25, 0.3) is 0 Å². The van der Waals surface area contributed by atoms with Crippen LogP contribution < -0.4 is 5.32 Å². The standard InChI is InChI=1S/C17H31N5O2.HI/c1-4-18-17(19-14-15-6-9-20-21(15)2)22-10-7-16(8-11-22)24-13-5-12-23-3;/h6,9,16H,4-5,7-8,10-14H2,1-3H3,(H,18,19);1H. The number of methoxy groups -OCH3 is 1. The molecule has 25 heavy (non-hydrogen) atoms. The van der Waals surface area contributed by atoms with E-state index in [1.54, 1.807) is 7.11 Å². The first-order valence-electron chi connectivity index (χ1n) is 8.85. The molecule has 0 aromatic carbocycles. The molecule has 0 spiro atoms. The average Bonchev–Trinajstić information content (AvgIpc) is 3.01. The van der Waals surface area contributed by atoms with Crippen LogP contribution in [-0.2, 0) is 23.1 Å². The van der Waals surface area contributed by atoms with E-state index in [9.17, 15) is 0 Å².